The number of fused-ring (bicyclic) bond motifs is 1. The van der Waals surface area contributed by atoms with Crippen LogP contribution in [-0.2, 0) is 21.2 Å². The molecule has 1 unspecified atom stereocenters. The van der Waals surface area contributed by atoms with Crippen LogP contribution >= 0.6 is 11.3 Å². The molecule has 39 heavy (non-hydrogen) atoms. The summed E-state index contributed by atoms with van der Waals surface area (Å²) in [5.41, 5.74) is 3.98. The number of carbonyl (C=O) groups excluding carboxylic acids is 1. The van der Waals surface area contributed by atoms with Gasteiger partial charge in [-0.25, -0.2) is 18.2 Å². The van der Waals surface area contributed by atoms with Crippen molar-refractivity contribution in [2.24, 2.45) is 0 Å². The summed E-state index contributed by atoms with van der Waals surface area (Å²) in [6.07, 6.45) is 1.88. The van der Waals surface area contributed by atoms with E-state index in [4.69, 9.17) is 5.11 Å². The summed E-state index contributed by atoms with van der Waals surface area (Å²) in [7, 11) is -4.00. The molecular weight excluding hydrogens is 536 g/mol. The highest BCUT2D eigenvalue weighted by Crippen LogP contribution is 2.26. The standard InChI is InChI=1S/C28H24N4O5S2/c1-17-6-12-21(13-7-17)39(36,37)32-24(14-20-15-29-23-5-3-2-4-22(20)23)26(33)31-28-30-25(16-38-28)18-8-10-19(11-9-18)27(34)35/h2-13,15-16,24,29,32H,14H2,1H3,(H,34,35)(H,30,31,33). The van der Waals surface area contributed by atoms with Crippen molar-refractivity contribution in [2.45, 2.75) is 24.3 Å². The molecule has 0 aliphatic heterocycles. The number of aromatic nitrogens is 2. The van der Waals surface area contributed by atoms with Crippen LogP contribution in [0.5, 0.6) is 0 Å². The molecule has 0 aliphatic carbocycles. The molecule has 0 spiro atoms. The molecule has 3 aromatic carbocycles. The number of thiazole rings is 1. The molecule has 0 saturated heterocycles. The number of nitrogens with one attached hydrogen (secondary N) is 3. The number of benzene rings is 3. The molecule has 2 heterocycles. The summed E-state index contributed by atoms with van der Waals surface area (Å²) in [5.74, 6) is -1.58. The van der Waals surface area contributed by atoms with Gasteiger partial charge in [-0.05, 0) is 49.2 Å². The van der Waals surface area contributed by atoms with Gasteiger partial charge in [0.05, 0.1) is 16.2 Å². The van der Waals surface area contributed by atoms with Gasteiger partial charge in [-0.1, -0.05) is 48.0 Å². The molecule has 5 aromatic rings. The molecule has 0 radical (unpaired) electrons. The molecule has 0 aliphatic rings. The number of para-hydroxylation sites is 1. The summed E-state index contributed by atoms with van der Waals surface area (Å²) in [5, 5.41) is 14.8. The summed E-state index contributed by atoms with van der Waals surface area (Å²) in [6.45, 7) is 1.86. The molecule has 4 N–H and O–H groups in total. The lowest BCUT2D eigenvalue weighted by molar-refractivity contribution is -0.117. The molecular formula is C28H24N4O5S2. The topological polar surface area (TPSA) is 141 Å². The van der Waals surface area contributed by atoms with Gasteiger partial charge in [-0.3, -0.25) is 4.79 Å². The Balaban J connectivity index is 1.40. The first-order valence-electron chi connectivity index (χ1n) is 11.9. The molecule has 198 valence electrons. The van der Waals surface area contributed by atoms with Gasteiger partial charge >= 0.3 is 5.97 Å². The Labute approximate surface area is 228 Å². The second kappa shape index (κ2) is 10.8. The molecule has 0 saturated carbocycles. The van der Waals surface area contributed by atoms with Gasteiger partial charge in [0.25, 0.3) is 0 Å². The van der Waals surface area contributed by atoms with E-state index in [1.807, 2.05) is 31.2 Å². The Morgan fingerprint density at radius 2 is 1.74 bits per heavy atom. The van der Waals surface area contributed by atoms with Crippen molar-refractivity contribution in [1.82, 2.24) is 14.7 Å². The Morgan fingerprint density at radius 1 is 1.03 bits per heavy atom. The number of sulfonamides is 1. The second-order valence-electron chi connectivity index (χ2n) is 8.96. The van der Waals surface area contributed by atoms with Crippen LogP contribution in [0.3, 0.4) is 0 Å². The number of nitrogens with zero attached hydrogens (tertiary/aromatic N) is 1. The van der Waals surface area contributed by atoms with Crippen LogP contribution < -0.4 is 10.0 Å². The number of amides is 1. The molecule has 1 amide bonds. The van der Waals surface area contributed by atoms with Crippen LogP contribution in [0.1, 0.15) is 21.5 Å². The largest absolute Gasteiger partial charge is 0.478 e. The van der Waals surface area contributed by atoms with Gasteiger partial charge in [0.2, 0.25) is 15.9 Å². The van der Waals surface area contributed by atoms with Crippen molar-refractivity contribution in [1.29, 1.82) is 0 Å². The third-order valence-electron chi connectivity index (χ3n) is 6.21. The Kier molecular flexibility index (Phi) is 7.29. The van der Waals surface area contributed by atoms with Gasteiger partial charge in [-0.15, -0.1) is 11.3 Å². The average molecular weight is 561 g/mol. The van der Waals surface area contributed by atoms with Gasteiger partial charge in [0.1, 0.15) is 6.04 Å². The smallest absolute Gasteiger partial charge is 0.335 e. The van der Waals surface area contributed by atoms with Gasteiger partial charge < -0.3 is 15.4 Å². The zero-order valence-electron chi connectivity index (χ0n) is 20.7. The number of anilines is 1. The van der Waals surface area contributed by atoms with Crippen molar-refractivity contribution in [3.63, 3.8) is 0 Å². The fourth-order valence-corrected chi connectivity index (χ4v) is 6.04. The summed E-state index contributed by atoms with van der Waals surface area (Å²) < 4.78 is 29.0. The number of carbonyl (C=O) groups is 2. The predicted octanol–water partition coefficient (Wildman–Crippen LogP) is 4.83. The quantitative estimate of drug-likeness (QED) is 0.204. The fourth-order valence-electron chi connectivity index (χ4n) is 4.12. The normalized spacial score (nSPS) is 12.3. The Bertz CT molecular complexity index is 1760. The van der Waals surface area contributed by atoms with E-state index < -0.39 is 27.9 Å². The Hall–Kier alpha value is -4.32. The van der Waals surface area contributed by atoms with Crippen LogP contribution in [0.4, 0.5) is 5.13 Å². The molecule has 0 fully saturated rings. The summed E-state index contributed by atoms with van der Waals surface area (Å²) in [6, 6.07) is 19.1. The fraction of sp³-hybridized carbons (Fsp3) is 0.107. The maximum absolute atomic E-state index is 13.5. The van der Waals surface area contributed by atoms with Crippen LogP contribution in [0, 0.1) is 6.92 Å². The lowest BCUT2D eigenvalue weighted by atomic mass is 10.1. The number of aromatic carboxylic acids is 1. The summed E-state index contributed by atoms with van der Waals surface area (Å²) >= 11 is 1.18. The summed E-state index contributed by atoms with van der Waals surface area (Å²) in [4.78, 5) is 32.2. The minimum Gasteiger partial charge on any atom is -0.478 e. The number of carboxylic acid groups (broad SMARTS) is 1. The van der Waals surface area contributed by atoms with Crippen molar-refractivity contribution in [3.05, 3.63) is 101 Å². The monoisotopic (exact) mass is 560 g/mol. The van der Waals surface area contributed by atoms with Crippen molar-refractivity contribution < 1.29 is 23.1 Å². The first-order valence-corrected chi connectivity index (χ1v) is 14.3. The maximum Gasteiger partial charge on any atom is 0.335 e. The van der Waals surface area contributed by atoms with E-state index in [0.717, 1.165) is 22.0 Å². The number of aryl methyl sites for hydroxylation is 1. The third kappa shape index (κ3) is 5.90. The van der Waals surface area contributed by atoms with E-state index in [1.54, 1.807) is 35.8 Å². The van der Waals surface area contributed by atoms with Gasteiger partial charge in [0.15, 0.2) is 5.13 Å². The first-order chi connectivity index (χ1) is 18.7. The predicted molar refractivity (Wildman–Crippen MR) is 150 cm³/mol. The second-order valence-corrected chi connectivity index (χ2v) is 11.5. The van der Waals surface area contributed by atoms with Crippen molar-refractivity contribution >= 4 is 49.3 Å². The third-order valence-corrected chi connectivity index (χ3v) is 8.45. The van der Waals surface area contributed by atoms with E-state index in [9.17, 15) is 18.0 Å². The van der Waals surface area contributed by atoms with Gasteiger partial charge in [-0.2, -0.15) is 4.72 Å². The van der Waals surface area contributed by atoms with Crippen molar-refractivity contribution in [2.75, 3.05) is 5.32 Å². The Morgan fingerprint density at radius 3 is 2.46 bits per heavy atom. The van der Waals surface area contributed by atoms with E-state index >= 15 is 0 Å². The number of hydrogen-bond acceptors (Lipinski definition) is 6. The minimum atomic E-state index is -4.00. The molecule has 1 atom stereocenters. The molecule has 5 rings (SSSR count). The lowest BCUT2D eigenvalue weighted by Gasteiger charge is -2.18. The number of hydrogen-bond donors (Lipinski definition) is 4. The SMILES string of the molecule is Cc1ccc(S(=O)(=O)NC(Cc2c[nH]c3ccccc23)C(=O)Nc2nc(-c3ccc(C(=O)O)cc3)cs2)cc1. The zero-order valence-corrected chi connectivity index (χ0v) is 22.3. The number of aromatic amines is 1. The number of rotatable bonds is 9. The van der Waals surface area contributed by atoms with Crippen molar-refractivity contribution in [3.8, 4) is 11.3 Å². The van der Waals surface area contributed by atoms with Gasteiger partial charge in [0, 0.05) is 28.0 Å². The van der Waals surface area contributed by atoms with E-state index in [1.165, 1.54) is 35.6 Å². The lowest BCUT2D eigenvalue weighted by Crippen LogP contribution is -2.45. The van der Waals surface area contributed by atoms with E-state index in [-0.39, 0.29) is 22.0 Å². The minimum absolute atomic E-state index is 0.0613. The zero-order chi connectivity index (χ0) is 27.6. The highest BCUT2D eigenvalue weighted by Gasteiger charge is 2.28. The highest BCUT2D eigenvalue weighted by atomic mass is 32.2. The number of carboxylic acids is 1. The van der Waals surface area contributed by atoms with Crippen LogP contribution in [0.15, 0.2) is 89.3 Å². The molecule has 11 heteroatoms. The van der Waals surface area contributed by atoms with Crippen LogP contribution in [0.2, 0.25) is 0 Å². The van der Waals surface area contributed by atoms with E-state index in [2.05, 4.69) is 20.0 Å². The van der Waals surface area contributed by atoms with Crippen LogP contribution in [0.25, 0.3) is 22.2 Å². The molecule has 2 aromatic heterocycles. The van der Waals surface area contributed by atoms with E-state index in [0.29, 0.717) is 11.3 Å². The molecule has 0 bridgehead atoms. The molecule has 9 nitrogen and oxygen atoms in total. The number of H-pyrrole nitrogens is 1. The average Bonchev–Trinajstić information content (AvgIpc) is 3.56. The maximum atomic E-state index is 13.5. The highest BCUT2D eigenvalue weighted by molar-refractivity contribution is 7.89. The van der Waals surface area contributed by atoms with Crippen LogP contribution in [-0.4, -0.2) is 41.4 Å². The first kappa shape index (κ1) is 26.3.